The number of rotatable bonds is 13. The van der Waals surface area contributed by atoms with Gasteiger partial charge in [-0.25, -0.2) is 15.5 Å². The molecule has 1 atom stereocenters. The molecule has 0 fully saturated rings. The Balaban J connectivity index is 2.64. The predicted molar refractivity (Wildman–Crippen MR) is 122 cm³/mol. The zero-order chi connectivity index (χ0) is 25.9. The van der Waals surface area contributed by atoms with Crippen LogP contribution in [0.25, 0.3) is 0 Å². The van der Waals surface area contributed by atoms with Crippen molar-refractivity contribution < 1.29 is 43.0 Å². The van der Waals surface area contributed by atoms with E-state index in [2.05, 4.69) is 4.84 Å². The van der Waals surface area contributed by atoms with Gasteiger partial charge in [-0.1, -0.05) is 12.1 Å². The Bertz CT molecular complexity index is 864. The zero-order valence-electron chi connectivity index (χ0n) is 20.7. The van der Waals surface area contributed by atoms with E-state index in [0.717, 1.165) is 12.8 Å². The average molecular weight is 482 g/mol. The summed E-state index contributed by atoms with van der Waals surface area (Å²) in [6, 6.07) is 5.99. The SMILES string of the molecule is CC(=O)Oc1ccccc1C(=O)OC(C)C(=O)OC(C)(C)CC(=O)OC(C)(C)CCCCON. The van der Waals surface area contributed by atoms with Crippen LogP contribution in [0.1, 0.15) is 77.6 Å². The van der Waals surface area contributed by atoms with Crippen molar-refractivity contribution >= 4 is 23.9 Å². The summed E-state index contributed by atoms with van der Waals surface area (Å²) < 4.78 is 21.1. The molecule has 1 rings (SSSR count). The topological polar surface area (TPSA) is 140 Å². The number of hydrogen-bond acceptors (Lipinski definition) is 10. The molecule has 0 saturated heterocycles. The normalized spacial score (nSPS) is 12.4. The summed E-state index contributed by atoms with van der Waals surface area (Å²) in [7, 11) is 0. The summed E-state index contributed by atoms with van der Waals surface area (Å²) in [6.45, 7) is 9.67. The minimum absolute atomic E-state index is 0.0135. The Morgan fingerprint density at radius 2 is 1.62 bits per heavy atom. The van der Waals surface area contributed by atoms with Crippen LogP contribution in [-0.4, -0.2) is 47.8 Å². The van der Waals surface area contributed by atoms with E-state index in [4.69, 9.17) is 24.8 Å². The van der Waals surface area contributed by atoms with Crippen LogP contribution >= 0.6 is 0 Å². The van der Waals surface area contributed by atoms with E-state index in [1.54, 1.807) is 39.8 Å². The molecule has 2 N–H and O–H groups in total. The smallest absolute Gasteiger partial charge is 0.347 e. The van der Waals surface area contributed by atoms with Crippen LogP contribution in [0.4, 0.5) is 0 Å². The number of para-hydroxylation sites is 1. The van der Waals surface area contributed by atoms with E-state index in [1.165, 1.54) is 26.0 Å². The van der Waals surface area contributed by atoms with Gasteiger partial charge in [0, 0.05) is 6.92 Å². The molecule has 34 heavy (non-hydrogen) atoms. The second-order valence-corrected chi connectivity index (χ2v) is 9.06. The molecule has 0 bridgehead atoms. The number of benzene rings is 1. The number of esters is 4. The highest BCUT2D eigenvalue weighted by atomic mass is 16.6. The van der Waals surface area contributed by atoms with Gasteiger partial charge in [0.25, 0.3) is 0 Å². The first-order valence-corrected chi connectivity index (χ1v) is 11.0. The van der Waals surface area contributed by atoms with E-state index < -0.39 is 41.2 Å². The molecule has 0 aliphatic rings. The second-order valence-electron chi connectivity index (χ2n) is 9.06. The van der Waals surface area contributed by atoms with E-state index in [9.17, 15) is 19.2 Å². The van der Waals surface area contributed by atoms with Gasteiger partial charge in [0.2, 0.25) is 0 Å². The van der Waals surface area contributed by atoms with Gasteiger partial charge in [0.05, 0.1) is 13.0 Å². The summed E-state index contributed by atoms with van der Waals surface area (Å²) in [5.74, 6) is 2.18. The lowest BCUT2D eigenvalue weighted by molar-refractivity contribution is -0.174. The Labute approximate surface area is 200 Å². The first kappa shape index (κ1) is 29.1. The highest BCUT2D eigenvalue weighted by Crippen LogP contribution is 2.24. The van der Waals surface area contributed by atoms with Crippen molar-refractivity contribution in [2.24, 2.45) is 5.90 Å². The maximum Gasteiger partial charge on any atom is 0.347 e. The van der Waals surface area contributed by atoms with Crippen molar-refractivity contribution in [1.82, 2.24) is 0 Å². The molecule has 190 valence electrons. The third kappa shape index (κ3) is 10.8. The van der Waals surface area contributed by atoms with Crippen molar-refractivity contribution in [3.05, 3.63) is 29.8 Å². The van der Waals surface area contributed by atoms with Crippen molar-refractivity contribution in [2.45, 2.75) is 84.5 Å². The molecule has 0 amide bonds. The molecule has 0 heterocycles. The summed E-state index contributed by atoms with van der Waals surface area (Å²) in [6.07, 6.45) is 0.658. The Morgan fingerprint density at radius 3 is 2.24 bits per heavy atom. The quantitative estimate of drug-likeness (QED) is 0.147. The molecule has 1 unspecified atom stereocenters. The third-order valence-electron chi connectivity index (χ3n) is 4.60. The molecule has 10 heteroatoms. The standard InChI is InChI=1S/C24H35NO9/c1-16(31-22(29)18-11-7-8-12-19(18)32-17(2)26)21(28)34-24(5,6)15-20(27)33-23(3,4)13-9-10-14-30-25/h7-8,11-12,16H,9-10,13-15,25H2,1-6H3. The van der Waals surface area contributed by atoms with Crippen LogP contribution in [0.2, 0.25) is 0 Å². The lowest BCUT2D eigenvalue weighted by Crippen LogP contribution is -2.38. The first-order chi connectivity index (χ1) is 15.8. The number of carbonyl (C=O) groups excluding carboxylic acids is 4. The molecular formula is C24H35NO9. The van der Waals surface area contributed by atoms with E-state index in [-0.39, 0.29) is 17.7 Å². The van der Waals surface area contributed by atoms with Crippen molar-refractivity contribution in [2.75, 3.05) is 6.61 Å². The van der Waals surface area contributed by atoms with Crippen LogP contribution in [-0.2, 0) is 33.4 Å². The van der Waals surface area contributed by atoms with Crippen molar-refractivity contribution in [3.63, 3.8) is 0 Å². The molecule has 0 aromatic heterocycles. The monoisotopic (exact) mass is 481 g/mol. The van der Waals surface area contributed by atoms with Gasteiger partial charge < -0.3 is 23.8 Å². The van der Waals surface area contributed by atoms with E-state index in [0.29, 0.717) is 13.0 Å². The molecule has 1 aromatic rings. The summed E-state index contributed by atoms with van der Waals surface area (Å²) >= 11 is 0. The number of ether oxygens (including phenoxy) is 4. The van der Waals surface area contributed by atoms with Gasteiger partial charge in [0.15, 0.2) is 6.10 Å². The van der Waals surface area contributed by atoms with Crippen LogP contribution in [0.3, 0.4) is 0 Å². The fraction of sp³-hybridized carbons (Fsp3) is 0.583. The van der Waals surface area contributed by atoms with Crippen molar-refractivity contribution in [1.29, 1.82) is 0 Å². The van der Waals surface area contributed by atoms with Crippen LogP contribution in [0.15, 0.2) is 24.3 Å². The molecule has 0 saturated carbocycles. The summed E-state index contributed by atoms with van der Waals surface area (Å²) in [5.41, 5.74) is -1.92. The molecule has 10 nitrogen and oxygen atoms in total. The van der Waals surface area contributed by atoms with E-state index >= 15 is 0 Å². The van der Waals surface area contributed by atoms with Crippen LogP contribution < -0.4 is 10.6 Å². The highest BCUT2D eigenvalue weighted by molar-refractivity contribution is 5.94. The lowest BCUT2D eigenvalue weighted by atomic mass is 10.0. The maximum absolute atomic E-state index is 12.5. The molecule has 0 aliphatic heterocycles. The third-order valence-corrected chi connectivity index (χ3v) is 4.60. The highest BCUT2D eigenvalue weighted by Gasteiger charge is 2.33. The number of nitrogens with two attached hydrogens (primary N) is 1. The van der Waals surface area contributed by atoms with Gasteiger partial charge >= 0.3 is 23.9 Å². The molecule has 0 radical (unpaired) electrons. The van der Waals surface area contributed by atoms with Crippen LogP contribution in [0.5, 0.6) is 5.75 Å². The Hall–Kier alpha value is -2.98. The van der Waals surface area contributed by atoms with Gasteiger partial charge in [0.1, 0.15) is 22.5 Å². The molecule has 1 aromatic carbocycles. The maximum atomic E-state index is 12.5. The second kappa shape index (κ2) is 13.0. The number of unbranched alkanes of at least 4 members (excludes halogenated alkanes) is 1. The van der Waals surface area contributed by atoms with Crippen LogP contribution in [0, 0.1) is 0 Å². The fourth-order valence-corrected chi connectivity index (χ4v) is 3.02. The van der Waals surface area contributed by atoms with Gasteiger partial charge in [-0.05, 0) is 66.0 Å². The summed E-state index contributed by atoms with van der Waals surface area (Å²) in [5, 5.41) is 0. The van der Waals surface area contributed by atoms with Gasteiger partial charge in [-0.3, -0.25) is 9.59 Å². The zero-order valence-corrected chi connectivity index (χ0v) is 20.7. The average Bonchev–Trinajstić information content (AvgIpc) is 2.69. The molecular weight excluding hydrogens is 446 g/mol. The predicted octanol–water partition coefficient (Wildman–Crippen LogP) is 3.25. The summed E-state index contributed by atoms with van der Waals surface area (Å²) in [4.78, 5) is 53.2. The number of hydrogen-bond donors (Lipinski definition) is 1. The van der Waals surface area contributed by atoms with Gasteiger partial charge in [-0.15, -0.1) is 0 Å². The van der Waals surface area contributed by atoms with E-state index in [1.807, 2.05) is 0 Å². The molecule has 0 spiro atoms. The lowest BCUT2D eigenvalue weighted by Gasteiger charge is -2.29. The fourth-order valence-electron chi connectivity index (χ4n) is 3.02. The largest absolute Gasteiger partial charge is 0.460 e. The first-order valence-electron chi connectivity index (χ1n) is 11.0. The Morgan fingerprint density at radius 1 is 0.971 bits per heavy atom. The van der Waals surface area contributed by atoms with Crippen molar-refractivity contribution in [3.8, 4) is 5.75 Å². The number of carbonyl (C=O) groups is 4. The Kier molecular flexibility index (Phi) is 11.1. The minimum Gasteiger partial charge on any atom is -0.460 e. The molecule has 0 aliphatic carbocycles. The minimum atomic E-state index is -1.27. The van der Waals surface area contributed by atoms with Gasteiger partial charge in [-0.2, -0.15) is 0 Å².